The van der Waals surface area contributed by atoms with Crippen molar-refractivity contribution in [2.45, 2.75) is 34.0 Å². The molecule has 1 rings (SSSR count). The molecule has 1 aromatic carbocycles. The number of hydrogen-bond acceptors (Lipinski definition) is 1. The minimum atomic E-state index is -2.98. The van der Waals surface area contributed by atoms with Gasteiger partial charge in [-0.1, -0.05) is 51.3 Å². The maximum absolute atomic E-state index is 12.7. The second kappa shape index (κ2) is 5.01. The maximum atomic E-state index is 12.7. The van der Waals surface area contributed by atoms with Crippen LogP contribution >= 0.6 is 11.6 Å². The summed E-state index contributed by atoms with van der Waals surface area (Å²) in [4.78, 5) is 12.7. The van der Waals surface area contributed by atoms with Crippen molar-refractivity contribution in [2.24, 2.45) is 11.3 Å². The van der Waals surface area contributed by atoms with E-state index >= 15 is 0 Å². The zero-order valence-corrected chi connectivity index (χ0v) is 10.1. The van der Waals surface area contributed by atoms with Gasteiger partial charge in [0.1, 0.15) is 0 Å². The quantitative estimate of drug-likeness (QED) is 0.712. The Morgan fingerprint density at radius 1 is 1.62 bits per heavy atom. The van der Waals surface area contributed by atoms with E-state index in [2.05, 4.69) is 0 Å². The van der Waals surface area contributed by atoms with Gasteiger partial charge in [0.25, 0.3) is 0 Å². The van der Waals surface area contributed by atoms with E-state index in [-0.39, 0.29) is 10.6 Å². The molecule has 88 valence electrons. The van der Waals surface area contributed by atoms with E-state index in [0.717, 1.165) is 0 Å². The number of carbonyl (C=O) groups is 1. The van der Waals surface area contributed by atoms with Crippen molar-refractivity contribution in [3.8, 4) is 0 Å². The molecule has 0 saturated heterocycles. The highest BCUT2D eigenvalue weighted by Gasteiger charge is 2.21. The van der Waals surface area contributed by atoms with Gasteiger partial charge in [-0.3, -0.25) is 4.79 Å². The third-order valence-corrected chi connectivity index (χ3v) is 2.21. The molecule has 0 N–H and O–H groups in total. The van der Waals surface area contributed by atoms with E-state index in [4.69, 9.17) is 21.2 Å². The fraction of sp³-hybridized carbons (Fsp3) is 0.500. The highest BCUT2D eigenvalue weighted by Crippen LogP contribution is 2.26. The zero-order valence-electron chi connectivity index (χ0n) is 16.3. The lowest BCUT2D eigenvalue weighted by molar-refractivity contribution is 0.0897. The summed E-state index contributed by atoms with van der Waals surface area (Å²) in [5.41, 5.74) is -1.54. The third-order valence-electron chi connectivity index (χ3n) is 1.98. The lowest BCUT2D eigenvalue weighted by Crippen LogP contribution is -2.18. The third kappa shape index (κ3) is 3.97. The minimum absolute atomic E-state index is 0.0232. The number of halogens is 1. The number of hydrogen-bond donors (Lipinski definition) is 0. The first-order valence-electron chi connectivity index (χ1n) is 8.42. The lowest BCUT2D eigenvalue weighted by Gasteiger charge is -2.22. The summed E-state index contributed by atoms with van der Waals surface area (Å²) < 4.78 is 53.8. The van der Waals surface area contributed by atoms with Crippen molar-refractivity contribution in [1.82, 2.24) is 0 Å². The van der Waals surface area contributed by atoms with Crippen molar-refractivity contribution < 1.29 is 14.4 Å². The van der Waals surface area contributed by atoms with Crippen LogP contribution in [0.1, 0.15) is 53.9 Å². The summed E-state index contributed by atoms with van der Waals surface area (Å²) in [6, 6.07) is 5.64. The summed E-state index contributed by atoms with van der Waals surface area (Å²) in [6.07, 6.45) is -0.627. The van der Waals surface area contributed by atoms with Gasteiger partial charge in [-0.2, -0.15) is 0 Å². The van der Waals surface area contributed by atoms with Crippen molar-refractivity contribution in [3.63, 3.8) is 0 Å². The Balaban J connectivity index is 3.37. The van der Waals surface area contributed by atoms with Crippen LogP contribution in [0.2, 0.25) is 5.02 Å². The zero-order chi connectivity index (χ0) is 18.3. The first kappa shape index (κ1) is 6.20. The Hall–Kier alpha value is -0.820. The van der Waals surface area contributed by atoms with Crippen LogP contribution in [0.3, 0.4) is 0 Å². The molecule has 0 bridgehead atoms. The number of rotatable bonds is 3. The monoisotopic (exact) mass is 245 g/mol. The maximum Gasteiger partial charge on any atom is 0.165 e. The van der Waals surface area contributed by atoms with Gasteiger partial charge < -0.3 is 0 Å². The molecule has 0 aliphatic carbocycles. The van der Waals surface area contributed by atoms with Crippen LogP contribution in [0.5, 0.6) is 0 Å². The van der Waals surface area contributed by atoms with Crippen LogP contribution in [0.15, 0.2) is 24.3 Å². The molecule has 1 aromatic rings. The molecule has 0 radical (unpaired) electrons. The first-order valence-corrected chi connectivity index (χ1v) is 5.30. The minimum Gasteiger partial charge on any atom is -0.294 e. The SMILES string of the molecule is [2H]C([2H])([2H])C(C)(C)C[C@]([2H])(C(=O)c1cccc(Cl)c1)C([2H])([2H])[2H]. The van der Waals surface area contributed by atoms with Gasteiger partial charge in [0, 0.05) is 26.1 Å². The summed E-state index contributed by atoms with van der Waals surface area (Å²) in [5, 5.41) is 0.235. The van der Waals surface area contributed by atoms with Crippen LogP contribution in [0, 0.1) is 11.3 Å². The molecule has 0 saturated carbocycles. The van der Waals surface area contributed by atoms with Gasteiger partial charge in [0.2, 0.25) is 0 Å². The van der Waals surface area contributed by atoms with E-state index in [9.17, 15) is 4.79 Å². The summed E-state index contributed by atoms with van der Waals surface area (Å²) in [6.45, 7) is -2.81. The van der Waals surface area contributed by atoms with Gasteiger partial charge in [-0.25, -0.2) is 0 Å². The van der Waals surface area contributed by atoms with Gasteiger partial charge in [-0.05, 0) is 24.0 Å². The summed E-state index contributed by atoms with van der Waals surface area (Å²) in [7, 11) is 0. The predicted octanol–water partition coefficient (Wildman–Crippen LogP) is 4.60. The fourth-order valence-corrected chi connectivity index (χ4v) is 1.52. The highest BCUT2D eigenvalue weighted by atomic mass is 35.5. The number of Topliss-reactive ketones (excluding diaryl/α,β-unsaturated/α-hetero) is 1. The number of carbonyl (C=O) groups excluding carboxylic acids is 1. The standard InChI is InChI=1S/C14H19ClO/c1-10(9-14(2,3)4)13(16)11-6-5-7-12(15)8-11/h5-8,10H,9H2,1-4H3/t10-/m1/s1/i1D3,2D3,10D. The Bertz CT molecular complexity index is 592. The molecule has 0 spiro atoms. The Kier molecular flexibility index (Phi) is 1.94. The van der Waals surface area contributed by atoms with Crippen LogP contribution < -0.4 is 0 Å². The van der Waals surface area contributed by atoms with E-state index in [1.54, 1.807) is 0 Å². The average Bonchev–Trinajstić information content (AvgIpc) is 2.34. The fourth-order valence-electron chi connectivity index (χ4n) is 1.33. The molecule has 0 amide bonds. The molecule has 0 fully saturated rings. The Morgan fingerprint density at radius 3 is 2.94 bits per heavy atom. The largest absolute Gasteiger partial charge is 0.294 e. The van der Waals surface area contributed by atoms with Crippen molar-refractivity contribution in [2.75, 3.05) is 0 Å². The Morgan fingerprint density at radius 2 is 2.38 bits per heavy atom. The summed E-state index contributed by atoms with van der Waals surface area (Å²) >= 11 is 5.81. The molecule has 0 heterocycles. The molecule has 0 unspecified atom stereocenters. The molecule has 2 heteroatoms. The van der Waals surface area contributed by atoms with Crippen LogP contribution in [-0.4, -0.2) is 5.78 Å². The van der Waals surface area contributed by atoms with E-state index in [0.29, 0.717) is 0 Å². The molecule has 0 aromatic heterocycles. The topological polar surface area (TPSA) is 17.1 Å². The first-order chi connectivity index (χ1) is 10.1. The van der Waals surface area contributed by atoms with Crippen LogP contribution in [0.25, 0.3) is 0 Å². The van der Waals surface area contributed by atoms with Gasteiger partial charge in [0.15, 0.2) is 5.78 Å². The highest BCUT2D eigenvalue weighted by molar-refractivity contribution is 6.31. The number of ketones is 1. The average molecular weight is 246 g/mol. The smallest absolute Gasteiger partial charge is 0.165 e. The molecule has 0 aliphatic heterocycles. The van der Waals surface area contributed by atoms with Gasteiger partial charge in [0.05, 0.1) is 0 Å². The lowest BCUT2D eigenvalue weighted by atomic mass is 9.82. The van der Waals surface area contributed by atoms with Crippen molar-refractivity contribution in [3.05, 3.63) is 34.9 Å². The van der Waals surface area contributed by atoms with Crippen LogP contribution in [-0.2, 0) is 0 Å². The van der Waals surface area contributed by atoms with E-state index in [1.165, 1.54) is 38.1 Å². The molecule has 1 nitrogen and oxygen atoms in total. The van der Waals surface area contributed by atoms with E-state index < -0.39 is 37.2 Å². The normalized spacial score (nSPS) is 23.6. The molecule has 16 heavy (non-hydrogen) atoms. The second-order valence-electron chi connectivity index (χ2n) is 4.38. The Labute approximate surface area is 113 Å². The predicted molar refractivity (Wildman–Crippen MR) is 69.0 cm³/mol. The van der Waals surface area contributed by atoms with Crippen molar-refractivity contribution in [1.29, 1.82) is 0 Å². The van der Waals surface area contributed by atoms with Gasteiger partial charge >= 0.3 is 0 Å². The summed E-state index contributed by atoms with van der Waals surface area (Å²) in [5.74, 6) is -3.53. The molecular weight excluding hydrogens is 220 g/mol. The molecular formula is C14H19ClO. The second-order valence-corrected chi connectivity index (χ2v) is 4.82. The van der Waals surface area contributed by atoms with Crippen molar-refractivity contribution >= 4 is 17.4 Å². The molecule has 0 aliphatic rings. The van der Waals surface area contributed by atoms with Gasteiger partial charge in [-0.15, -0.1) is 0 Å². The van der Waals surface area contributed by atoms with E-state index in [1.807, 2.05) is 0 Å². The number of benzene rings is 1. The molecule has 1 atom stereocenters. The van der Waals surface area contributed by atoms with Crippen LogP contribution in [0.4, 0.5) is 0 Å².